The quantitative estimate of drug-likeness (QED) is 0.455. The summed E-state index contributed by atoms with van der Waals surface area (Å²) in [4.78, 5) is 23.2. The number of β-lactam (4-membered cyclic amide) rings is 1. The predicted molar refractivity (Wildman–Crippen MR) is 62.2 cm³/mol. The van der Waals surface area contributed by atoms with E-state index in [1.165, 1.54) is 4.90 Å². The molecule has 1 saturated heterocycles. The standard InChI is InChI=1S/C8H9NO3S.H2O4S/c1-4-2-5(8(11)12)9-6(10)3-7(9)13-4;1-5(2,3)4/h2,4,7H,3H2,1H3,(H,11,12);(H2,1,2,3,4)/t4?,7-;/m1./s1. The molecule has 2 rings (SSSR count). The number of amides is 1. The molecule has 0 saturated carbocycles. The van der Waals surface area contributed by atoms with E-state index in [0.717, 1.165) is 0 Å². The molecule has 0 aliphatic carbocycles. The van der Waals surface area contributed by atoms with Crippen molar-refractivity contribution in [3.63, 3.8) is 0 Å². The van der Waals surface area contributed by atoms with Crippen molar-refractivity contribution in [3.05, 3.63) is 11.8 Å². The van der Waals surface area contributed by atoms with Crippen molar-refractivity contribution < 1.29 is 32.2 Å². The molecule has 2 heterocycles. The van der Waals surface area contributed by atoms with Gasteiger partial charge in [0.05, 0.1) is 11.8 Å². The first kappa shape index (κ1) is 15.0. The van der Waals surface area contributed by atoms with Gasteiger partial charge < -0.3 is 5.11 Å². The van der Waals surface area contributed by atoms with Crippen LogP contribution in [-0.4, -0.2) is 50.0 Å². The van der Waals surface area contributed by atoms with E-state index < -0.39 is 16.4 Å². The highest BCUT2D eigenvalue weighted by Gasteiger charge is 2.44. The lowest BCUT2D eigenvalue weighted by Gasteiger charge is -2.43. The number of carbonyl (C=O) groups is 2. The highest BCUT2D eigenvalue weighted by Crippen LogP contribution is 2.40. The van der Waals surface area contributed by atoms with Gasteiger partial charge >= 0.3 is 16.4 Å². The summed E-state index contributed by atoms with van der Waals surface area (Å²) in [5, 5.41) is 9.06. The molecule has 0 radical (unpaired) electrons. The second kappa shape index (κ2) is 5.26. The van der Waals surface area contributed by atoms with Crippen molar-refractivity contribution in [1.82, 2.24) is 4.90 Å². The van der Waals surface area contributed by atoms with Gasteiger partial charge in [-0.25, -0.2) is 4.79 Å². The van der Waals surface area contributed by atoms with Crippen LogP contribution in [0.3, 0.4) is 0 Å². The van der Waals surface area contributed by atoms with Gasteiger partial charge in [0.1, 0.15) is 5.70 Å². The maximum absolute atomic E-state index is 11.1. The molecule has 1 amide bonds. The van der Waals surface area contributed by atoms with Gasteiger partial charge in [0.15, 0.2) is 0 Å². The minimum Gasteiger partial charge on any atom is -0.477 e. The Morgan fingerprint density at radius 1 is 1.50 bits per heavy atom. The van der Waals surface area contributed by atoms with E-state index in [-0.39, 0.29) is 22.2 Å². The fourth-order valence-electron chi connectivity index (χ4n) is 1.55. The minimum absolute atomic E-state index is 0.0543. The SMILES string of the molecule is CC1C=C(C(=O)O)N2C(=O)C[C@H]2S1.O=S(=O)(O)O. The summed E-state index contributed by atoms with van der Waals surface area (Å²) in [5.41, 5.74) is 0.146. The Bertz CT molecular complexity index is 490. The van der Waals surface area contributed by atoms with Crippen molar-refractivity contribution in [1.29, 1.82) is 0 Å². The molecule has 1 fully saturated rings. The zero-order chi connectivity index (χ0) is 14.1. The van der Waals surface area contributed by atoms with Crippen LogP contribution >= 0.6 is 11.8 Å². The Morgan fingerprint density at radius 3 is 2.39 bits per heavy atom. The second-order valence-corrected chi connectivity index (χ2v) is 6.02. The molecular weight excluding hydrogens is 286 g/mol. The first-order valence-electron chi connectivity index (χ1n) is 4.72. The lowest BCUT2D eigenvalue weighted by Crippen LogP contribution is -2.53. The molecule has 8 nitrogen and oxygen atoms in total. The summed E-state index contributed by atoms with van der Waals surface area (Å²) in [6.07, 6.45) is 2.10. The third-order valence-electron chi connectivity index (χ3n) is 2.15. The van der Waals surface area contributed by atoms with Crippen molar-refractivity contribution in [3.8, 4) is 0 Å². The van der Waals surface area contributed by atoms with E-state index in [9.17, 15) is 9.59 Å². The molecule has 0 bridgehead atoms. The number of thioether (sulfide) groups is 1. The van der Waals surface area contributed by atoms with Gasteiger partial charge in [-0.2, -0.15) is 8.42 Å². The maximum Gasteiger partial charge on any atom is 0.394 e. The Hall–Kier alpha value is -1.10. The molecule has 2 aliphatic heterocycles. The highest BCUT2D eigenvalue weighted by molar-refractivity contribution is 8.00. The van der Waals surface area contributed by atoms with Crippen molar-refractivity contribution in [2.75, 3.05) is 0 Å². The summed E-state index contributed by atoms with van der Waals surface area (Å²) in [6.45, 7) is 1.94. The number of hydrogen-bond donors (Lipinski definition) is 3. The van der Waals surface area contributed by atoms with E-state index in [1.54, 1.807) is 17.8 Å². The number of nitrogens with zero attached hydrogens (tertiary/aromatic N) is 1. The monoisotopic (exact) mass is 297 g/mol. The zero-order valence-electron chi connectivity index (χ0n) is 9.18. The zero-order valence-corrected chi connectivity index (χ0v) is 10.8. The molecule has 3 N–H and O–H groups in total. The molecule has 0 spiro atoms. The van der Waals surface area contributed by atoms with Gasteiger partial charge in [-0.05, 0) is 13.0 Å². The number of carbonyl (C=O) groups excluding carboxylic acids is 1. The highest BCUT2D eigenvalue weighted by atomic mass is 32.3. The van der Waals surface area contributed by atoms with Crippen molar-refractivity contribution >= 4 is 34.0 Å². The van der Waals surface area contributed by atoms with E-state index in [2.05, 4.69) is 0 Å². The second-order valence-electron chi connectivity index (χ2n) is 3.57. The van der Waals surface area contributed by atoms with Crippen LogP contribution in [0.4, 0.5) is 0 Å². The van der Waals surface area contributed by atoms with Gasteiger partial charge in [0.2, 0.25) is 5.91 Å². The predicted octanol–water partition coefficient (Wildman–Crippen LogP) is -0.00420. The van der Waals surface area contributed by atoms with E-state index >= 15 is 0 Å². The third-order valence-corrected chi connectivity index (χ3v) is 3.41. The van der Waals surface area contributed by atoms with E-state index in [1.807, 2.05) is 6.92 Å². The number of rotatable bonds is 1. The average Bonchev–Trinajstić information content (AvgIpc) is 2.12. The summed E-state index contributed by atoms with van der Waals surface area (Å²) in [7, 11) is -4.67. The van der Waals surface area contributed by atoms with Crippen molar-refractivity contribution in [2.45, 2.75) is 24.0 Å². The van der Waals surface area contributed by atoms with Gasteiger partial charge in [-0.3, -0.25) is 18.8 Å². The molecule has 1 unspecified atom stereocenters. The van der Waals surface area contributed by atoms with Gasteiger partial charge in [-0.15, -0.1) is 11.8 Å². The summed E-state index contributed by atoms with van der Waals surface area (Å²) in [6, 6.07) is 0. The van der Waals surface area contributed by atoms with E-state index in [0.29, 0.717) is 6.42 Å². The lowest BCUT2D eigenvalue weighted by molar-refractivity contribution is -0.146. The van der Waals surface area contributed by atoms with Crippen LogP contribution in [0.25, 0.3) is 0 Å². The largest absolute Gasteiger partial charge is 0.477 e. The topological polar surface area (TPSA) is 132 Å². The lowest BCUT2D eigenvalue weighted by atomic mass is 10.1. The van der Waals surface area contributed by atoms with Crippen molar-refractivity contribution in [2.24, 2.45) is 0 Å². The Labute approximate surface area is 107 Å². The molecule has 0 aromatic heterocycles. The molecule has 102 valence electrons. The number of aliphatic carboxylic acids is 1. The molecule has 10 heteroatoms. The summed E-state index contributed by atoms with van der Waals surface area (Å²) < 4.78 is 31.6. The minimum atomic E-state index is -4.67. The van der Waals surface area contributed by atoms with Crippen LogP contribution in [0.2, 0.25) is 0 Å². The summed E-state index contributed by atoms with van der Waals surface area (Å²) in [5.74, 6) is -1.09. The normalized spacial score (nSPS) is 26.3. The fraction of sp³-hybridized carbons (Fsp3) is 0.500. The molecule has 0 aromatic carbocycles. The molecule has 0 aromatic rings. The maximum atomic E-state index is 11.1. The molecular formula is C8H11NO7S2. The Kier molecular flexibility index (Phi) is 4.37. The van der Waals surface area contributed by atoms with Crippen LogP contribution in [0.15, 0.2) is 11.8 Å². The molecule has 18 heavy (non-hydrogen) atoms. The summed E-state index contributed by atoms with van der Waals surface area (Å²) >= 11 is 1.63. The Morgan fingerprint density at radius 2 is 2.00 bits per heavy atom. The van der Waals surface area contributed by atoms with Crippen LogP contribution < -0.4 is 0 Å². The van der Waals surface area contributed by atoms with Crippen LogP contribution in [-0.2, 0) is 20.0 Å². The van der Waals surface area contributed by atoms with Crippen LogP contribution in [0.5, 0.6) is 0 Å². The third kappa shape index (κ3) is 3.98. The van der Waals surface area contributed by atoms with Crippen LogP contribution in [0.1, 0.15) is 13.3 Å². The number of hydrogen-bond acceptors (Lipinski definition) is 5. The first-order valence-corrected chi connectivity index (χ1v) is 7.06. The smallest absolute Gasteiger partial charge is 0.394 e. The first-order chi connectivity index (χ1) is 8.09. The fourth-order valence-corrected chi connectivity index (χ4v) is 2.84. The van der Waals surface area contributed by atoms with Crippen LogP contribution in [0, 0.1) is 0 Å². The average molecular weight is 297 g/mol. The molecule has 2 atom stereocenters. The van der Waals surface area contributed by atoms with Gasteiger partial charge in [0.25, 0.3) is 0 Å². The van der Waals surface area contributed by atoms with Gasteiger partial charge in [0, 0.05) is 5.25 Å². The number of fused-ring (bicyclic) bond motifs is 1. The molecule has 2 aliphatic rings. The number of carboxylic acids is 1. The van der Waals surface area contributed by atoms with E-state index in [4.69, 9.17) is 22.6 Å². The van der Waals surface area contributed by atoms with Gasteiger partial charge in [-0.1, -0.05) is 0 Å². The number of carboxylic acid groups (broad SMARTS) is 1. The Balaban J connectivity index is 0.000000280.